The first-order valence-corrected chi connectivity index (χ1v) is 10.2. The topological polar surface area (TPSA) is 54.0 Å². The number of rotatable bonds is 8. The van der Waals surface area contributed by atoms with Gasteiger partial charge >= 0.3 is 6.18 Å². The third-order valence-electron chi connectivity index (χ3n) is 5.17. The summed E-state index contributed by atoms with van der Waals surface area (Å²) in [7, 11) is 1.46. The summed E-state index contributed by atoms with van der Waals surface area (Å²) in [5, 5.41) is 5.74. The molecule has 0 saturated heterocycles. The molecule has 9 heteroatoms. The van der Waals surface area contributed by atoms with Crippen LogP contribution in [0, 0.1) is 11.6 Å². The van der Waals surface area contributed by atoms with Crippen molar-refractivity contribution in [2.45, 2.75) is 31.1 Å². The van der Waals surface area contributed by atoms with Crippen LogP contribution >= 0.6 is 0 Å². The number of aromatic nitrogens is 1. The summed E-state index contributed by atoms with van der Waals surface area (Å²) in [5.74, 6) is -1.29. The molecule has 174 valence electrons. The largest absolute Gasteiger partial charge is 0.433 e. The number of carbonyl (C=O) groups is 1. The fourth-order valence-corrected chi connectivity index (χ4v) is 3.44. The molecule has 0 aliphatic rings. The highest BCUT2D eigenvalue weighted by molar-refractivity contribution is 5.83. The predicted octanol–water partition coefficient (Wildman–Crippen LogP) is 5.13. The second-order valence-electron chi connectivity index (χ2n) is 7.46. The molecule has 0 radical (unpaired) electrons. The van der Waals surface area contributed by atoms with E-state index < -0.39 is 35.6 Å². The lowest BCUT2D eigenvalue weighted by Gasteiger charge is -2.26. The molecule has 1 aromatic heterocycles. The minimum absolute atomic E-state index is 0.323. The van der Waals surface area contributed by atoms with Crippen LogP contribution < -0.4 is 10.6 Å². The van der Waals surface area contributed by atoms with Gasteiger partial charge in [-0.15, -0.1) is 0 Å². The van der Waals surface area contributed by atoms with Crippen LogP contribution in [0.4, 0.5) is 22.0 Å². The zero-order chi connectivity index (χ0) is 24.0. The van der Waals surface area contributed by atoms with Crippen LogP contribution in [-0.4, -0.2) is 17.9 Å². The van der Waals surface area contributed by atoms with E-state index in [9.17, 15) is 26.7 Å². The molecule has 0 bridgehead atoms. The number of benzene rings is 2. The SMILES string of the molecule is CNC(=O)[C@@H](N[C@H](CCc1ccc(C(F)(F)F)nc1)c1cccc(F)c1)c1ccc(F)cc1. The van der Waals surface area contributed by atoms with Crippen LogP contribution in [0.25, 0.3) is 0 Å². The molecule has 1 heterocycles. The van der Waals surface area contributed by atoms with E-state index in [-0.39, 0.29) is 5.91 Å². The van der Waals surface area contributed by atoms with Crippen molar-refractivity contribution in [2.75, 3.05) is 7.05 Å². The second-order valence-corrected chi connectivity index (χ2v) is 7.46. The van der Waals surface area contributed by atoms with Crippen LogP contribution in [0.15, 0.2) is 66.9 Å². The fraction of sp³-hybridized carbons (Fsp3) is 0.250. The lowest BCUT2D eigenvalue weighted by Crippen LogP contribution is -2.38. The zero-order valence-electron chi connectivity index (χ0n) is 17.7. The van der Waals surface area contributed by atoms with Crippen molar-refractivity contribution in [3.8, 4) is 0 Å². The van der Waals surface area contributed by atoms with Gasteiger partial charge in [0.15, 0.2) is 0 Å². The Kier molecular flexibility index (Phi) is 7.75. The summed E-state index contributed by atoms with van der Waals surface area (Å²) in [6.07, 6.45) is -2.71. The molecule has 0 unspecified atom stereocenters. The normalized spacial score (nSPS) is 13.4. The van der Waals surface area contributed by atoms with Gasteiger partial charge in [0.25, 0.3) is 0 Å². The number of nitrogens with zero attached hydrogens (tertiary/aromatic N) is 1. The molecular formula is C24H22F5N3O. The Bertz CT molecular complexity index is 1070. The van der Waals surface area contributed by atoms with Crippen molar-refractivity contribution in [1.82, 2.24) is 15.6 Å². The van der Waals surface area contributed by atoms with E-state index in [4.69, 9.17) is 0 Å². The van der Waals surface area contributed by atoms with Gasteiger partial charge in [-0.25, -0.2) is 8.78 Å². The van der Waals surface area contributed by atoms with E-state index in [2.05, 4.69) is 15.6 Å². The molecule has 3 rings (SSSR count). The van der Waals surface area contributed by atoms with Crippen molar-refractivity contribution >= 4 is 5.91 Å². The summed E-state index contributed by atoms with van der Waals surface area (Å²) in [6.45, 7) is 0. The summed E-state index contributed by atoms with van der Waals surface area (Å²) < 4.78 is 65.6. The van der Waals surface area contributed by atoms with Gasteiger partial charge in [0.1, 0.15) is 23.4 Å². The first kappa shape index (κ1) is 24.3. The van der Waals surface area contributed by atoms with Crippen molar-refractivity contribution in [2.24, 2.45) is 0 Å². The van der Waals surface area contributed by atoms with Crippen LogP contribution in [0.5, 0.6) is 0 Å². The van der Waals surface area contributed by atoms with Gasteiger partial charge in [-0.2, -0.15) is 13.2 Å². The summed E-state index contributed by atoms with van der Waals surface area (Å²) >= 11 is 0. The maximum Gasteiger partial charge on any atom is 0.433 e. The molecule has 0 aliphatic carbocycles. The smallest absolute Gasteiger partial charge is 0.358 e. The molecule has 3 aromatic rings. The Morgan fingerprint density at radius 2 is 1.70 bits per heavy atom. The lowest BCUT2D eigenvalue weighted by molar-refractivity contribution is -0.141. The van der Waals surface area contributed by atoms with E-state index >= 15 is 0 Å². The number of likely N-dealkylation sites (N-methyl/N-ethyl adjacent to an activating group) is 1. The molecule has 0 fully saturated rings. The first-order valence-electron chi connectivity index (χ1n) is 10.2. The van der Waals surface area contributed by atoms with E-state index in [1.807, 2.05) is 0 Å². The molecule has 2 atom stereocenters. The highest BCUT2D eigenvalue weighted by Crippen LogP contribution is 2.28. The molecule has 1 amide bonds. The van der Waals surface area contributed by atoms with Gasteiger partial charge in [-0.3, -0.25) is 15.1 Å². The molecule has 0 spiro atoms. The number of pyridine rings is 1. The van der Waals surface area contributed by atoms with E-state index in [1.165, 1.54) is 55.6 Å². The Hall–Kier alpha value is -3.33. The Morgan fingerprint density at radius 3 is 2.27 bits per heavy atom. The third kappa shape index (κ3) is 6.58. The summed E-state index contributed by atoms with van der Waals surface area (Å²) in [6, 6.07) is 12.1. The average molecular weight is 463 g/mol. The standard InChI is InChI=1S/C24H22F5N3O/c1-30-23(33)22(16-7-9-18(25)10-8-16)32-20(17-3-2-4-19(26)13-17)11-5-15-6-12-21(31-14-15)24(27,28)29/h2-4,6-10,12-14,20,22,32H,5,11H2,1H3,(H,30,33)/t20-,22+/m1/s1. The number of hydrogen-bond acceptors (Lipinski definition) is 3. The molecular weight excluding hydrogens is 441 g/mol. The quantitative estimate of drug-likeness (QED) is 0.456. The number of aryl methyl sites for hydroxylation is 1. The lowest BCUT2D eigenvalue weighted by atomic mass is 9.96. The number of halogens is 5. The number of amides is 1. The number of alkyl halides is 3. The Morgan fingerprint density at radius 1 is 0.970 bits per heavy atom. The van der Waals surface area contributed by atoms with Gasteiger partial charge in [0.05, 0.1) is 0 Å². The summed E-state index contributed by atoms with van der Waals surface area (Å²) in [5.41, 5.74) is 0.644. The molecule has 0 saturated carbocycles. The van der Waals surface area contributed by atoms with Crippen LogP contribution in [0.3, 0.4) is 0 Å². The Balaban J connectivity index is 1.85. The van der Waals surface area contributed by atoms with Crippen molar-refractivity contribution in [3.05, 3.63) is 101 Å². The molecule has 4 nitrogen and oxygen atoms in total. The minimum Gasteiger partial charge on any atom is -0.358 e. The van der Waals surface area contributed by atoms with E-state index in [0.717, 1.165) is 12.3 Å². The highest BCUT2D eigenvalue weighted by atomic mass is 19.4. The van der Waals surface area contributed by atoms with Crippen molar-refractivity contribution < 1.29 is 26.7 Å². The van der Waals surface area contributed by atoms with Gasteiger partial charge in [-0.05, 0) is 59.9 Å². The zero-order valence-corrected chi connectivity index (χ0v) is 17.7. The molecule has 33 heavy (non-hydrogen) atoms. The predicted molar refractivity (Wildman–Crippen MR) is 113 cm³/mol. The monoisotopic (exact) mass is 463 g/mol. The highest BCUT2D eigenvalue weighted by Gasteiger charge is 2.32. The molecule has 0 aliphatic heterocycles. The number of nitrogens with one attached hydrogen (secondary N) is 2. The second kappa shape index (κ2) is 10.5. The van der Waals surface area contributed by atoms with Crippen LogP contribution in [-0.2, 0) is 17.4 Å². The average Bonchev–Trinajstić information content (AvgIpc) is 2.79. The van der Waals surface area contributed by atoms with Crippen LogP contribution in [0.1, 0.15) is 40.9 Å². The number of carbonyl (C=O) groups excluding carboxylic acids is 1. The maximum absolute atomic E-state index is 13.9. The summed E-state index contributed by atoms with van der Waals surface area (Å²) in [4.78, 5) is 16.0. The van der Waals surface area contributed by atoms with Gasteiger partial charge in [0, 0.05) is 19.3 Å². The maximum atomic E-state index is 13.9. The van der Waals surface area contributed by atoms with Gasteiger partial charge < -0.3 is 5.32 Å². The van der Waals surface area contributed by atoms with Gasteiger partial charge in [-0.1, -0.05) is 30.3 Å². The fourth-order valence-electron chi connectivity index (χ4n) is 3.44. The number of hydrogen-bond donors (Lipinski definition) is 2. The first-order chi connectivity index (χ1) is 15.7. The third-order valence-corrected chi connectivity index (χ3v) is 5.17. The van der Waals surface area contributed by atoms with Crippen molar-refractivity contribution in [3.63, 3.8) is 0 Å². The van der Waals surface area contributed by atoms with E-state index in [1.54, 1.807) is 6.07 Å². The molecule has 2 N–H and O–H groups in total. The van der Waals surface area contributed by atoms with Gasteiger partial charge in [0.2, 0.25) is 5.91 Å². The Labute approximate surface area is 187 Å². The van der Waals surface area contributed by atoms with Crippen molar-refractivity contribution in [1.29, 1.82) is 0 Å². The van der Waals surface area contributed by atoms with Crippen LogP contribution in [0.2, 0.25) is 0 Å². The minimum atomic E-state index is -4.53. The van der Waals surface area contributed by atoms with E-state index in [0.29, 0.717) is 29.5 Å². The molecule has 2 aromatic carbocycles.